The van der Waals surface area contributed by atoms with Crippen molar-refractivity contribution < 1.29 is 14.3 Å². The lowest BCUT2D eigenvalue weighted by atomic mass is 9.95. The molecule has 7 heteroatoms. The smallest absolute Gasteiger partial charge is 0.253 e. The van der Waals surface area contributed by atoms with Crippen molar-refractivity contribution in [2.24, 2.45) is 5.41 Å². The monoisotopic (exact) mass is 381 g/mol. The summed E-state index contributed by atoms with van der Waals surface area (Å²) >= 11 is 5.87. The third-order valence-electron chi connectivity index (χ3n) is 4.49. The second-order valence-corrected chi connectivity index (χ2v) is 7.41. The molecule has 1 heterocycles. The summed E-state index contributed by atoms with van der Waals surface area (Å²) in [5.74, 6) is -0.126. The van der Waals surface area contributed by atoms with E-state index in [0.29, 0.717) is 24.4 Å². The predicted molar refractivity (Wildman–Crippen MR) is 105 cm³/mol. The molecule has 1 aliphatic rings. The molecule has 6 nitrogen and oxygen atoms in total. The number of carbonyl (C=O) groups is 2. The van der Waals surface area contributed by atoms with Crippen LogP contribution in [0.5, 0.6) is 0 Å². The third-order valence-corrected chi connectivity index (χ3v) is 5.15. The molecular formula is C19H28ClN3O3. The Hall–Kier alpha value is -1.79. The van der Waals surface area contributed by atoms with Crippen molar-refractivity contribution in [1.82, 2.24) is 5.32 Å². The van der Waals surface area contributed by atoms with E-state index in [1.165, 1.54) is 0 Å². The Bertz CT molecular complexity index is 643. The maximum absolute atomic E-state index is 12.7. The van der Waals surface area contributed by atoms with Gasteiger partial charge >= 0.3 is 0 Å². The minimum atomic E-state index is -0.684. The van der Waals surface area contributed by atoms with Crippen LogP contribution in [0.15, 0.2) is 18.2 Å². The van der Waals surface area contributed by atoms with Gasteiger partial charge in [-0.1, -0.05) is 0 Å². The number of carbonyl (C=O) groups excluding carboxylic acids is 2. The third kappa shape index (κ3) is 5.11. The summed E-state index contributed by atoms with van der Waals surface area (Å²) in [4.78, 5) is 27.2. The molecule has 1 aromatic carbocycles. The lowest BCUT2D eigenvalue weighted by Crippen LogP contribution is -2.33. The van der Waals surface area contributed by atoms with Gasteiger partial charge in [0.05, 0.1) is 17.6 Å². The van der Waals surface area contributed by atoms with Gasteiger partial charge in [0, 0.05) is 44.0 Å². The van der Waals surface area contributed by atoms with Crippen LogP contribution >= 0.6 is 11.6 Å². The minimum absolute atomic E-state index is 0.170. The molecule has 2 rings (SSSR count). The van der Waals surface area contributed by atoms with Gasteiger partial charge in [0.25, 0.3) is 5.91 Å². The molecule has 1 saturated heterocycles. The molecule has 1 aromatic rings. The highest BCUT2D eigenvalue weighted by Gasteiger charge is 2.27. The maximum Gasteiger partial charge on any atom is 0.253 e. The SMILES string of the molecule is COCCNC(=O)c1cc(NC(=O)C(C)(C)CCl)ccc1N1CCCC1. The van der Waals surface area contributed by atoms with E-state index in [9.17, 15) is 9.59 Å². The van der Waals surface area contributed by atoms with E-state index in [1.807, 2.05) is 12.1 Å². The van der Waals surface area contributed by atoms with E-state index in [-0.39, 0.29) is 17.7 Å². The number of amides is 2. The number of hydrogen-bond acceptors (Lipinski definition) is 4. The number of halogens is 1. The molecule has 0 spiro atoms. The summed E-state index contributed by atoms with van der Waals surface area (Å²) in [7, 11) is 1.59. The summed E-state index contributed by atoms with van der Waals surface area (Å²) in [5, 5.41) is 5.73. The minimum Gasteiger partial charge on any atom is -0.383 e. The zero-order valence-corrected chi connectivity index (χ0v) is 16.5. The van der Waals surface area contributed by atoms with Gasteiger partial charge in [-0.3, -0.25) is 9.59 Å². The Kier molecular flexibility index (Phi) is 7.29. The predicted octanol–water partition coefficient (Wildman–Crippen LogP) is 2.87. The van der Waals surface area contributed by atoms with Crippen LogP contribution in [-0.2, 0) is 9.53 Å². The van der Waals surface area contributed by atoms with E-state index in [4.69, 9.17) is 16.3 Å². The molecule has 0 aliphatic carbocycles. The fourth-order valence-electron chi connectivity index (χ4n) is 2.75. The number of rotatable bonds is 8. The summed E-state index contributed by atoms with van der Waals surface area (Å²) in [5.41, 5.74) is 1.36. The number of anilines is 2. The molecule has 2 N–H and O–H groups in total. The van der Waals surface area contributed by atoms with Crippen LogP contribution in [0.1, 0.15) is 37.0 Å². The van der Waals surface area contributed by atoms with Crippen LogP contribution in [0, 0.1) is 5.41 Å². The molecule has 144 valence electrons. The van der Waals surface area contributed by atoms with Gasteiger partial charge in [0.15, 0.2) is 0 Å². The van der Waals surface area contributed by atoms with Gasteiger partial charge in [-0.15, -0.1) is 11.6 Å². The van der Waals surface area contributed by atoms with Crippen LogP contribution < -0.4 is 15.5 Å². The summed E-state index contributed by atoms with van der Waals surface area (Å²) in [6, 6.07) is 5.47. The molecular weight excluding hydrogens is 354 g/mol. The number of nitrogens with one attached hydrogen (secondary N) is 2. The number of nitrogens with zero attached hydrogens (tertiary/aromatic N) is 1. The fourth-order valence-corrected chi connectivity index (χ4v) is 2.87. The Labute approximate surface area is 160 Å². The van der Waals surface area contributed by atoms with Crippen molar-refractivity contribution >= 4 is 34.8 Å². The van der Waals surface area contributed by atoms with E-state index in [0.717, 1.165) is 31.6 Å². The highest BCUT2D eigenvalue weighted by Crippen LogP contribution is 2.28. The second-order valence-electron chi connectivity index (χ2n) is 7.15. The van der Waals surface area contributed by atoms with E-state index >= 15 is 0 Å². The molecule has 0 atom stereocenters. The van der Waals surface area contributed by atoms with Crippen molar-refractivity contribution in [1.29, 1.82) is 0 Å². The number of hydrogen-bond donors (Lipinski definition) is 2. The van der Waals surface area contributed by atoms with Crippen molar-refractivity contribution in [2.75, 3.05) is 49.4 Å². The van der Waals surface area contributed by atoms with Crippen molar-refractivity contribution in [3.8, 4) is 0 Å². The van der Waals surface area contributed by atoms with Crippen LogP contribution in [0.3, 0.4) is 0 Å². The van der Waals surface area contributed by atoms with Gasteiger partial charge in [-0.05, 0) is 44.9 Å². The molecule has 0 radical (unpaired) electrons. The Morgan fingerprint density at radius 3 is 2.58 bits per heavy atom. The largest absolute Gasteiger partial charge is 0.383 e. The average Bonchev–Trinajstić information content (AvgIpc) is 3.16. The summed E-state index contributed by atoms with van der Waals surface area (Å²) in [6.45, 7) is 6.32. The molecule has 0 aromatic heterocycles. The number of alkyl halides is 1. The summed E-state index contributed by atoms with van der Waals surface area (Å²) < 4.78 is 4.99. The zero-order valence-electron chi connectivity index (χ0n) is 15.7. The molecule has 2 amide bonds. The fraction of sp³-hybridized carbons (Fsp3) is 0.579. The van der Waals surface area contributed by atoms with E-state index in [2.05, 4.69) is 15.5 Å². The standard InChI is InChI=1S/C19H28ClN3O3/c1-19(2,13-20)18(25)22-14-6-7-16(23-9-4-5-10-23)15(12-14)17(24)21-8-11-26-3/h6-7,12H,4-5,8-11,13H2,1-3H3,(H,21,24)(H,22,25). The first kappa shape index (κ1) is 20.5. The first-order chi connectivity index (χ1) is 12.4. The van der Waals surface area contributed by atoms with Gasteiger partial charge in [-0.25, -0.2) is 0 Å². The molecule has 0 saturated carbocycles. The summed E-state index contributed by atoms with van der Waals surface area (Å²) in [6.07, 6.45) is 2.24. The first-order valence-electron chi connectivity index (χ1n) is 8.92. The van der Waals surface area contributed by atoms with Gasteiger partial charge in [0.2, 0.25) is 5.91 Å². The second kappa shape index (κ2) is 9.24. The molecule has 26 heavy (non-hydrogen) atoms. The average molecular weight is 382 g/mol. The topological polar surface area (TPSA) is 70.7 Å². The normalized spacial score (nSPS) is 14.4. The zero-order chi connectivity index (χ0) is 19.2. The molecule has 1 fully saturated rings. The molecule has 0 bridgehead atoms. The van der Waals surface area contributed by atoms with Crippen molar-refractivity contribution in [3.63, 3.8) is 0 Å². The first-order valence-corrected chi connectivity index (χ1v) is 9.46. The lowest BCUT2D eigenvalue weighted by molar-refractivity contribution is -0.122. The molecule has 1 aliphatic heterocycles. The van der Waals surface area contributed by atoms with Gasteiger partial charge < -0.3 is 20.3 Å². The quantitative estimate of drug-likeness (QED) is 0.536. The maximum atomic E-state index is 12.7. The highest BCUT2D eigenvalue weighted by atomic mass is 35.5. The van der Waals surface area contributed by atoms with Gasteiger partial charge in [-0.2, -0.15) is 0 Å². The number of benzene rings is 1. The number of ether oxygens (including phenoxy) is 1. The van der Waals surface area contributed by atoms with E-state index in [1.54, 1.807) is 27.0 Å². The van der Waals surface area contributed by atoms with Gasteiger partial charge in [0.1, 0.15) is 0 Å². The molecule has 0 unspecified atom stereocenters. The Morgan fingerprint density at radius 1 is 1.27 bits per heavy atom. The van der Waals surface area contributed by atoms with Crippen molar-refractivity contribution in [3.05, 3.63) is 23.8 Å². The van der Waals surface area contributed by atoms with Crippen LogP contribution in [0.25, 0.3) is 0 Å². The van der Waals surface area contributed by atoms with Crippen LogP contribution in [0.2, 0.25) is 0 Å². The Balaban J connectivity index is 2.25. The highest BCUT2D eigenvalue weighted by molar-refractivity contribution is 6.20. The number of methoxy groups -OCH3 is 1. The van der Waals surface area contributed by atoms with Crippen LogP contribution in [-0.4, -0.2) is 51.0 Å². The Morgan fingerprint density at radius 2 is 1.96 bits per heavy atom. The van der Waals surface area contributed by atoms with Crippen molar-refractivity contribution in [2.45, 2.75) is 26.7 Å². The van der Waals surface area contributed by atoms with E-state index < -0.39 is 5.41 Å². The lowest BCUT2D eigenvalue weighted by Gasteiger charge is -2.23. The van der Waals surface area contributed by atoms with Crippen LogP contribution in [0.4, 0.5) is 11.4 Å².